The zero-order chi connectivity index (χ0) is 44.2. The average molecular weight is 891 g/mol. The molecule has 1 saturated heterocycles. The summed E-state index contributed by atoms with van der Waals surface area (Å²) in [5, 5.41) is 9.75. The Morgan fingerprint density at radius 2 is 1.13 bits per heavy atom. The highest BCUT2D eigenvalue weighted by Crippen LogP contribution is 2.44. The second kappa shape index (κ2) is 36.3. The number of aliphatic hydroxyl groups excluding tert-OH is 1. The van der Waals surface area contributed by atoms with Crippen LogP contribution in [0.3, 0.4) is 0 Å². The van der Waals surface area contributed by atoms with Gasteiger partial charge in [0.1, 0.15) is 12.7 Å². The first kappa shape index (κ1) is 55.8. The molecule has 1 aliphatic heterocycles. The van der Waals surface area contributed by atoms with Crippen molar-refractivity contribution >= 4 is 27.6 Å². The maximum atomic E-state index is 12.7. The molecular formula is C44H76O14P2. The van der Waals surface area contributed by atoms with Gasteiger partial charge in [0.25, 0.3) is 0 Å². The van der Waals surface area contributed by atoms with E-state index in [1.807, 2.05) is 0 Å². The minimum atomic E-state index is -4.87. The highest BCUT2D eigenvalue weighted by atomic mass is 31.2. The van der Waals surface area contributed by atoms with Crippen molar-refractivity contribution in [2.24, 2.45) is 0 Å². The molecule has 1 heterocycles. The van der Waals surface area contributed by atoms with Crippen LogP contribution in [0.2, 0.25) is 0 Å². The van der Waals surface area contributed by atoms with Crippen molar-refractivity contribution in [3.8, 4) is 0 Å². The zero-order valence-corrected chi connectivity index (χ0v) is 38.0. The van der Waals surface area contributed by atoms with Crippen LogP contribution in [0.5, 0.6) is 0 Å². The molecule has 14 nitrogen and oxygen atoms in total. The normalized spacial score (nSPS) is 18.0. The van der Waals surface area contributed by atoms with Crippen LogP contribution in [-0.2, 0) is 46.5 Å². The molecule has 346 valence electrons. The Hall–Kier alpha value is -2.22. The number of allylic oxidation sites excluding steroid dienone is 9. The minimum Gasteiger partial charge on any atom is -0.462 e. The summed E-state index contributed by atoms with van der Waals surface area (Å²) in [6.07, 6.45) is 39.5. The van der Waals surface area contributed by atoms with E-state index < -0.39 is 66.2 Å². The average Bonchev–Trinajstić information content (AvgIpc) is 3.96. The fourth-order valence-electron chi connectivity index (χ4n) is 5.87. The van der Waals surface area contributed by atoms with Crippen LogP contribution in [0.15, 0.2) is 60.8 Å². The third-order valence-electron chi connectivity index (χ3n) is 9.30. The van der Waals surface area contributed by atoms with Gasteiger partial charge in [0.2, 0.25) is 0 Å². The van der Waals surface area contributed by atoms with Crippen molar-refractivity contribution in [1.29, 1.82) is 0 Å². The number of phosphoric acid groups is 2. The smallest absolute Gasteiger partial charge is 0.462 e. The maximum absolute atomic E-state index is 12.7. The van der Waals surface area contributed by atoms with Gasteiger partial charge in [-0.25, -0.2) is 9.13 Å². The number of rotatable bonds is 40. The Morgan fingerprint density at radius 3 is 1.75 bits per heavy atom. The van der Waals surface area contributed by atoms with Crippen LogP contribution in [0.1, 0.15) is 155 Å². The van der Waals surface area contributed by atoms with Crippen LogP contribution >= 0.6 is 15.6 Å². The van der Waals surface area contributed by atoms with Gasteiger partial charge in [-0.2, -0.15) is 0 Å². The molecule has 4 N–H and O–H groups in total. The molecule has 0 spiro atoms. The molecule has 0 radical (unpaired) electrons. The van der Waals surface area contributed by atoms with E-state index in [9.17, 15) is 28.7 Å². The third-order valence-corrected chi connectivity index (χ3v) is 10.7. The Labute approximate surface area is 359 Å². The predicted octanol–water partition coefficient (Wildman–Crippen LogP) is 10.2. The van der Waals surface area contributed by atoms with E-state index in [4.69, 9.17) is 28.5 Å². The number of aliphatic hydroxyl groups is 1. The first-order valence-electron chi connectivity index (χ1n) is 22.1. The lowest BCUT2D eigenvalue weighted by Crippen LogP contribution is -2.30. The summed E-state index contributed by atoms with van der Waals surface area (Å²) in [5.41, 5.74) is 0. The highest BCUT2D eigenvalue weighted by molar-refractivity contribution is 7.47. The summed E-state index contributed by atoms with van der Waals surface area (Å²) in [5.74, 6) is -1.08. The van der Waals surface area contributed by atoms with Gasteiger partial charge in [0.05, 0.1) is 32.0 Å². The number of hydrogen-bond donors (Lipinski definition) is 4. The van der Waals surface area contributed by atoms with Crippen molar-refractivity contribution in [3.05, 3.63) is 60.8 Å². The molecule has 0 amide bonds. The molecule has 0 aromatic rings. The van der Waals surface area contributed by atoms with E-state index >= 15 is 0 Å². The predicted molar refractivity (Wildman–Crippen MR) is 234 cm³/mol. The number of phosphoric ester groups is 2. The van der Waals surface area contributed by atoms with Crippen LogP contribution in [0.4, 0.5) is 0 Å². The molecule has 16 heteroatoms. The molecule has 0 bridgehead atoms. The van der Waals surface area contributed by atoms with Crippen molar-refractivity contribution in [1.82, 2.24) is 0 Å². The number of esters is 2. The molecule has 0 saturated carbocycles. The third kappa shape index (κ3) is 36.4. The Morgan fingerprint density at radius 1 is 0.600 bits per heavy atom. The summed E-state index contributed by atoms with van der Waals surface area (Å²) < 4.78 is 53.5. The van der Waals surface area contributed by atoms with Gasteiger partial charge in [-0.05, 0) is 77.0 Å². The molecule has 5 atom stereocenters. The molecule has 3 unspecified atom stereocenters. The van der Waals surface area contributed by atoms with Crippen LogP contribution in [-0.4, -0.2) is 82.6 Å². The molecule has 1 aliphatic rings. The first-order valence-corrected chi connectivity index (χ1v) is 25.1. The highest BCUT2D eigenvalue weighted by Gasteiger charge is 2.36. The van der Waals surface area contributed by atoms with Crippen LogP contribution < -0.4 is 0 Å². The van der Waals surface area contributed by atoms with E-state index in [-0.39, 0.29) is 12.8 Å². The number of unbranched alkanes of at least 4 members (excludes halogenated alkanes) is 11. The lowest BCUT2D eigenvalue weighted by atomic mass is 10.1. The summed E-state index contributed by atoms with van der Waals surface area (Å²) in [6.45, 7) is 1.56. The van der Waals surface area contributed by atoms with Crippen molar-refractivity contribution in [2.45, 2.75) is 180 Å². The van der Waals surface area contributed by atoms with Crippen molar-refractivity contribution in [2.75, 3.05) is 26.4 Å². The molecule has 1 fully saturated rings. The van der Waals surface area contributed by atoms with Gasteiger partial charge in [-0.1, -0.05) is 126 Å². The van der Waals surface area contributed by atoms with Gasteiger partial charge in [-0.3, -0.25) is 23.2 Å². The van der Waals surface area contributed by atoms with Gasteiger partial charge >= 0.3 is 27.6 Å². The standard InChI is InChI=1S/C44H76O14P2/c1-3-5-7-8-9-10-11-12-13-14-15-16-17-18-22-25-29-33-43(46)53-37-40(38-56-60(51,52)55-36-39(45)35-54-59(48,49)50)57-44(47)34-30-26-23-20-19-21-24-28-32-42-41(58-42)31-27-6-4-2/h5,7,9-10,12-13,15-16,24,28,39-42,45H,3-4,6,8,11,14,17-23,25-27,29-38H2,1-2H3,(H,51,52)(H2,48,49,50)/b7-5-,10-9-,13-12-,16-15-,28-24-/t39-,40+,41?,42?/m0/s1. The monoisotopic (exact) mass is 890 g/mol. The molecule has 0 aliphatic carbocycles. The number of carbonyl (C=O) groups is 2. The molecule has 0 aromatic heterocycles. The van der Waals surface area contributed by atoms with E-state index in [2.05, 4.69) is 83.7 Å². The lowest BCUT2D eigenvalue weighted by Gasteiger charge is -2.20. The van der Waals surface area contributed by atoms with E-state index in [1.165, 1.54) is 19.3 Å². The fourth-order valence-corrected chi connectivity index (χ4v) is 7.03. The summed E-state index contributed by atoms with van der Waals surface area (Å²) in [7, 11) is -9.69. The summed E-state index contributed by atoms with van der Waals surface area (Å²) in [6, 6.07) is 0. The quantitative estimate of drug-likeness (QED) is 0.0148. The van der Waals surface area contributed by atoms with Gasteiger partial charge in [0, 0.05) is 12.8 Å². The largest absolute Gasteiger partial charge is 0.472 e. The Kier molecular flexibility index (Phi) is 33.7. The minimum absolute atomic E-state index is 0.102. The van der Waals surface area contributed by atoms with E-state index in [0.29, 0.717) is 25.0 Å². The first-order chi connectivity index (χ1) is 28.8. The van der Waals surface area contributed by atoms with Gasteiger partial charge in [0.15, 0.2) is 6.10 Å². The lowest BCUT2D eigenvalue weighted by molar-refractivity contribution is -0.161. The summed E-state index contributed by atoms with van der Waals surface area (Å²) in [4.78, 5) is 52.7. The molecule has 0 aromatic carbocycles. The number of ether oxygens (including phenoxy) is 3. The number of hydrogen-bond acceptors (Lipinski definition) is 11. The SMILES string of the molecule is CC/C=C\C/C=C\C/C=C\C/C=C\CCCCCCC(=O)OC[C@H](COP(=O)(O)OC[C@@H](O)COP(=O)(O)O)OC(=O)CCCCCCC/C=C\CC1OC1CCCCC. The summed E-state index contributed by atoms with van der Waals surface area (Å²) >= 11 is 0. The van der Waals surface area contributed by atoms with Gasteiger partial charge < -0.3 is 34.0 Å². The second-order valence-electron chi connectivity index (χ2n) is 15.0. The zero-order valence-electron chi connectivity index (χ0n) is 36.2. The Bertz CT molecular complexity index is 1360. The Balaban J connectivity index is 2.38. The van der Waals surface area contributed by atoms with Crippen LogP contribution in [0, 0.1) is 0 Å². The van der Waals surface area contributed by atoms with E-state index in [1.54, 1.807) is 0 Å². The van der Waals surface area contributed by atoms with Crippen molar-refractivity contribution in [3.63, 3.8) is 0 Å². The molecular weight excluding hydrogens is 814 g/mol. The fraction of sp³-hybridized carbons (Fsp3) is 0.727. The molecule has 1 rings (SSSR count). The van der Waals surface area contributed by atoms with Gasteiger partial charge in [-0.15, -0.1) is 0 Å². The van der Waals surface area contributed by atoms with Crippen molar-refractivity contribution < 1.29 is 66.3 Å². The topological polar surface area (TPSA) is 208 Å². The number of carbonyl (C=O) groups excluding carboxylic acids is 2. The van der Waals surface area contributed by atoms with Crippen LogP contribution in [0.25, 0.3) is 0 Å². The maximum Gasteiger partial charge on any atom is 0.472 e. The molecule has 60 heavy (non-hydrogen) atoms. The number of epoxide rings is 1. The van der Waals surface area contributed by atoms with E-state index in [0.717, 1.165) is 96.3 Å². The second-order valence-corrected chi connectivity index (χ2v) is 17.7.